The number of unbranched alkanes of at least 4 members (excludes halogenated alkanes) is 38. The van der Waals surface area contributed by atoms with Crippen LogP contribution in [0.15, 0.2) is 12.2 Å². The molecule has 0 fully saturated rings. The Bertz CT molecular complexity index is 1100. The standard InChI is InChI=1S/C59H113NO7/c1-6-8-10-12-14-16-18-20-22-24-26-27-28-29-30-32-33-35-37-39-41-43-45-47-49-57(61)66-54-55(53-65-52-51-56(59(63)64)60(3,4)5)67-58(62)50-48-46-44-42-40-38-36-34-31-25-23-21-19-17-15-13-11-9-7-2/h21,23,55-56H,6-20,22,24-54H2,1-5H3/b23-21-. The Kier molecular flexibility index (Phi) is 49.0. The SMILES string of the molecule is CCCCCCCC/C=C\CCCCCCCCCCCC(=O)OC(COCCC(C(=O)[O-])[N+](C)(C)C)COC(=O)CCCCCCCCCCCCCCCCCCCCCCCCCC. The second kappa shape index (κ2) is 50.5. The number of carboxylic acid groups (broad SMARTS) is 1. The van der Waals surface area contributed by atoms with Gasteiger partial charge in [-0.05, 0) is 38.5 Å². The molecule has 0 spiro atoms. The second-order valence-electron chi connectivity index (χ2n) is 21.2. The number of allylic oxidation sites excluding steroid dienone is 2. The molecule has 0 aliphatic carbocycles. The summed E-state index contributed by atoms with van der Waals surface area (Å²) in [5.74, 6) is -1.71. The number of nitrogens with zero attached hydrogens (tertiary/aromatic N) is 1. The molecule has 0 aromatic heterocycles. The summed E-state index contributed by atoms with van der Waals surface area (Å²) < 4.78 is 17.3. The molecule has 396 valence electrons. The minimum atomic E-state index is -1.12. The van der Waals surface area contributed by atoms with Crippen molar-refractivity contribution in [3.8, 4) is 0 Å². The van der Waals surface area contributed by atoms with Gasteiger partial charge in [0, 0.05) is 19.3 Å². The van der Waals surface area contributed by atoms with Gasteiger partial charge in [-0.2, -0.15) is 0 Å². The number of quaternary nitrogens is 1. The Morgan fingerprint density at radius 3 is 1.07 bits per heavy atom. The quantitative estimate of drug-likeness (QED) is 0.0259. The number of ether oxygens (including phenoxy) is 3. The summed E-state index contributed by atoms with van der Waals surface area (Å²) >= 11 is 0. The molecule has 2 unspecified atom stereocenters. The summed E-state index contributed by atoms with van der Waals surface area (Å²) in [6.07, 6.45) is 58.3. The molecule has 0 aromatic carbocycles. The Balaban J connectivity index is 4.10. The lowest BCUT2D eigenvalue weighted by molar-refractivity contribution is -0.889. The number of hydrogen-bond donors (Lipinski definition) is 0. The topological polar surface area (TPSA) is 102 Å². The Labute approximate surface area is 416 Å². The number of carbonyl (C=O) groups is 3. The molecule has 0 N–H and O–H groups in total. The fourth-order valence-electron chi connectivity index (χ4n) is 9.13. The van der Waals surface area contributed by atoms with Gasteiger partial charge in [-0.1, -0.05) is 251 Å². The highest BCUT2D eigenvalue weighted by molar-refractivity contribution is 5.70. The van der Waals surface area contributed by atoms with Gasteiger partial charge in [-0.3, -0.25) is 9.59 Å². The molecule has 0 aromatic rings. The van der Waals surface area contributed by atoms with Crippen LogP contribution < -0.4 is 5.11 Å². The lowest BCUT2D eigenvalue weighted by Gasteiger charge is -2.34. The van der Waals surface area contributed by atoms with Crippen LogP contribution in [0.5, 0.6) is 0 Å². The van der Waals surface area contributed by atoms with E-state index in [-0.39, 0.29) is 42.7 Å². The van der Waals surface area contributed by atoms with Gasteiger partial charge in [0.05, 0.1) is 40.3 Å². The third-order valence-corrected chi connectivity index (χ3v) is 13.7. The van der Waals surface area contributed by atoms with Crippen molar-refractivity contribution in [2.45, 2.75) is 309 Å². The van der Waals surface area contributed by atoms with Gasteiger partial charge in [0.25, 0.3) is 0 Å². The van der Waals surface area contributed by atoms with Crippen molar-refractivity contribution in [3.05, 3.63) is 12.2 Å². The molecule has 2 atom stereocenters. The van der Waals surface area contributed by atoms with E-state index in [1.807, 2.05) is 21.1 Å². The highest BCUT2D eigenvalue weighted by Crippen LogP contribution is 2.18. The summed E-state index contributed by atoms with van der Waals surface area (Å²) in [6.45, 7) is 4.72. The molecule has 0 saturated carbocycles. The first-order valence-electron chi connectivity index (χ1n) is 29.2. The zero-order chi connectivity index (χ0) is 49.2. The molecule has 0 amide bonds. The van der Waals surface area contributed by atoms with Gasteiger partial charge in [0.2, 0.25) is 0 Å². The van der Waals surface area contributed by atoms with Gasteiger partial charge in [-0.25, -0.2) is 0 Å². The van der Waals surface area contributed by atoms with Gasteiger partial charge in [-0.15, -0.1) is 0 Å². The zero-order valence-corrected chi connectivity index (χ0v) is 45.3. The van der Waals surface area contributed by atoms with Crippen LogP contribution in [0.25, 0.3) is 0 Å². The average Bonchev–Trinajstić information content (AvgIpc) is 3.29. The van der Waals surface area contributed by atoms with Crippen molar-refractivity contribution in [1.29, 1.82) is 0 Å². The average molecular weight is 949 g/mol. The Hall–Kier alpha value is -1.93. The van der Waals surface area contributed by atoms with E-state index in [9.17, 15) is 19.5 Å². The van der Waals surface area contributed by atoms with E-state index >= 15 is 0 Å². The fraction of sp³-hybridized carbons (Fsp3) is 0.915. The van der Waals surface area contributed by atoms with E-state index in [2.05, 4.69) is 26.0 Å². The number of esters is 2. The van der Waals surface area contributed by atoms with Crippen molar-refractivity contribution in [1.82, 2.24) is 0 Å². The van der Waals surface area contributed by atoms with Crippen molar-refractivity contribution in [2.75, 3.05) is 41.0 Å². The number of carboxylic acids is 1. The van der Waals surface area contributed by atoms with Crippen LogP contribution in [0, 0.1) is 0 Å². The van der Waals surface area contributed by atoms with Crippen LogP contribution >= 0.6 is 0 Å². The molecule has 0 aliphatic heterocycles. The van der Waals surface area contributed by atoms with Gasteiger partial charge in [0.1, 0.15) is 12.6 Å². The monoisotopic (exact) mass is 948 g/mol. The van der Waals surface area contributed by atoms with Crippen LogP contribution in [0.4, 0.5) is 0 Å². The van der Waals surface area contributed by atoms with E-state index in [4.69, 9.17) is 14.2 Å². The maximum Gasteiger partial charge on any atom is 0.306 e. The maximum absolute atomic E-state index is 12.8. The van der Waals surface area contributed by atoms with E-state index in [0.717, 1.165) is 38.5 Å². The summed E-state index contributed by atoms with van der Waals surface area (Å²) in [4.78, 5) is 37.2. The van der Waals surface area contributed by atoms with Crippen molar-refractivity contribution >= 4 is 17.9 Å². The van der Waals surface area contributed by atoms with Crippen LogP contribution in [0.3, 0.4) is 0 Å². The number of hydrogen-bond acceptors (Lipinski definition) is 7. The molecule has 0 rings (SSSR count). The minimum absolute atomic E-state index is 0.0465. The number of rotatable bonds is 54. The highest BCUT2D eigenvalue weighted by Gasteiger charge is 2.25. The lowest BCUT2D eigenvalue weighted by Crippen LogP contribution is -2.55. The Morgan fingerprint density at radius 2 is 0.746 bits per heavy atom. The molecule has 0 radical (unpaired) electrons. The Morgan fingerprint density at radius 1 is 0.433 bits per heavy atom. The summed E-state index contributed by atoms with van der Waals surface area (Å²) in [5.41, 5.74) is 0. The van der Waals surface area contributed by atoms with E-state index in [1.165, 1.54) is 225 Å². The highest BCUT2D eigenvalue weighted by atomic mass is 16.6. The van der Waals surface area contributed by atoms with Gasteiger partial charge >= 0.3 is 11.9 Å². The summed E-state index contributed by atoms with van der Waals surface area (Å²) in [5, 5.41) is 11.7. The predicted octanol–water partition coefficient (Wildman–Crippen LogP) is 16.0. The van der Waals surface area contributed by atoms with Crippen LogP contribution in [0.2, 0.25) is 0 Å². The summed E-state index contributed by atoms with van der Waals surface area (Å²) in [7, 11) is 5.44. The van der Waals surface area contributed by atoms with Crippen LogP contribution in [0.1, 0.15) is 296 Å². The van der Waals surface area contributed by atoms with Crippen molar-refractivity contribution in [3.63, 3.8) is 0 Å². The second-order valence-corrected chi connectivity index (χ2v) is 21.2. The maximum atomic E-state index is 12.8. The molecular formula is C59H113NO7. The van der Waals surface area contributed by atoms with E-state index in [1.54, 1.807) is 0 Å². The first-order valence-corrected chi connectivity index (χ1v) is 29.2. The molecule has 0 heterocycles. The third-order valence-electron chi connectivity index (χ3n) is 13.7. The predicted molar refractivity (Wildman–Crippen MR) is 282 cm³/mol. The van der Waals surface area contributed by atoms with E-state index in [0.29, 0.717) is 12.8 Å². The van der Waals surface area contributed by atoms with Crippen molar-refractivity contribution < 1.29 is 38.2 Å². The van der Waals surface area contributed by atoms with Crippen LogP contribution in [-0.2, 0) is 28.6 Å². The number of aliphatic carboxylic acids is 1. The van der Waals surface area contributed by atoms with Gasteiger partial charge < -0.3 is 28.6 Å². The van der Waals surface area contributed by atoms with E-state index < -0.39 is 18.1 Å². The lowest BCUT2D eigenvalue weighted by atomic mass is 10.0. The third kappa shape index (κ3) is 48.9. The summed E-state index contributed by atoms with van der Waals surface area (Å²) in [6, 6.07) is -0.723. The smallest absolute Gasteiger partial charge is 0.306 e. The largest absolute Gasteiger partial charge is 0.544 e. The first-order chi connectivity index (χ1) is 32.6. The number of likely N-dealkylation sites (N-methyl/N-ethyl adjacent to an activating group) is 1. The molecule has 8 heteroatoms. The molecule has 0 bridgehead atoms. The van der Waals surface area contributed by atoms with Gasteiger partial charge in [0.15, 0.2) is 6.10 Å². The normalized spacial score (nSPS) is 12.8. The fourth-order valence-corrected chi connectivity index (χ4v) is 9.13. The minimum Gasteiger partial charge on any atom is -0.544 e. The molecule has 67 heavy (non-hydrogen) atoms. The zero-order valence-electron chi connectivity index (χ0n) is 45.3. The molecular weight excluding hydrogens is 835 g/mol. The molecule has 0 saturated heterocycles. The molecule has 0 aliphatic rings. The molecule has 8 nitrogen and oxygen atoms in total. The van der Waals surface area contributed by atoms with Crippen LogP contribution in [-0.4, -0.2) is 75.5 Å². The first kappa shape index (κ1) is 65.1. The van der Waals surface area contributed by atoms with Crippen molar-refractivity contribution in [2.24, 2.45) is 0 Å². The number of carbonyl (C=O) groups excluding carboxylic acids is 3.